The van der Waals surface area contributed by atoms with Crippen LogP contribution in [-0.4, -0.2) is 32.6 Å². The van der Waals surface area contributed by atoms with E-state index in [1.807, 2.05) is 0 Å². The second-order valence-corrected chi connectivity index (χ2v) is 6.50. The summed E-state index contributed by atoms with van der Waals surface area (Å²) in [5.74, 6) is -1.38. The van der Waals surface area contributed by atoms with Gasteiger partial charge in [0.25, 0.3) is 0 Å². The van der Waals surface area contributed by atoms with E-state index < -0.39 is 28.0 Å². The van der Waals surface area contributed by atoms with Crippen LogP contribution in [0.15, 0.2) is 18.2 Å². The first-order valence-electron chi connectivity index (χ1n) is 5.57. The van der Waals surface area contributed by atoms with Gasteiger partial charge in [0.05, 0.1) is 11.5 Å². The predicted octanol–water partition coefficient (Wildman–Crippen LogP) is 2.03. The SMILES string of the molecule is O=S1(=O)CCC(Nc2ccc(OC(F)F)c(F)c2)C1. The summed E-state index contributed by atoms with van der Waals surface area (Å²) >= 11 is 0. The second kappa shape index (κ2) is 5.28. The highest BCUT2D eigenvalue weighted by Gasteiger charge is 2.27. The number of benzene rings is 1. The van der Waals surface area contributed by atoms with Crippen molar-refractivity contribution >= 4 is 15.5 Å². The lowest BCUT2D eigenvalue weighted by atomic mass is 10.2. The average molecular weight is 295 g/mol. The molecule has 8 heteroatoms. The van der Waals surface area contributed by atoms with Crippen molar-refractivity contribution in [3.05, 3.63) is 24.0 Å². The smallest absolute Gasteiger partial charge is 0.387 e. The number of alkyl halides is 2. The fourth-order valence-corrected chi connectivity index (χ4v) is 3.60. The van der Waals surface area contributed by atoms with E-state index in [9.17, 15) is 21.6 Å². The molecule has 0 spiro atoms. The van der Waals surface area contributed by atoms with Crippen LogP contribution < -0.4 is 10.1 Å². The maximum absolute atomic E-state index is 13.4. The van der Waals surface area contributed by atoms with Crippen LogP contribution in [-0.2, 0) is 9.84 Å². The van der Waals surface area contributed by atoms with Crippen molar-refractivity contribution < 1.29 is 26.3 Å². The van der Waals surface area contributed by atoms with Crippen molar-refractivity contribution in [3.8, 4) is 5.75 Å². The van der Waals surface area contributed by atoms with Gasteiger partial charge in [-0.05, 0) is 18.6 Å². The molecular weight excluding hydrogens is 283 g/mol. The summed E-state index contributed by atoms with van der Waals surface area (Å²) in [7, 11) is -3.03. The van der Waals surface area contributed by atoms with Crippen molar-refractivity contribution in [2.45, 2.75) is 19.1 Å². The van der Waals surface area contributed by atoms with Gasteiger partial charge in [0.1, 0.15) is 0 Å². The number of ether oxygens (including phenoxy) is 1. The number of sulfone groups is 1. The third-order valence-electron chi connectivity index (χ3n) is 2.75. The molecule has 1 saturated heterocycles. The Balaban J connectivity index is 2.04. The van der Waals surface area contributed by atoms with E-state index in [-0.39, 0.29) is 17.5 Å². The van der Waals surface area contributed by atoms with Crippen molar-refractivity contribution in [1.82, 2.24) is 0 Å². The number of hydrogen-bond acceptors (Lipinski definition) is 4. The highest BCUT2D eigenvalue weighted by Crippen LogP contribution is 2.24. The minimum absolute atomic E-state index is 0.0100. The number of rotatable bonds is 4. The molecule has 19 heavy (non-hydrogen) atoms. The number of halogens is 3. The molecule has 1 aromatic rings. The van der Waals surface area contributed by atoms with E-state index in [1.54, 1.807) is 0 Å². The molecule has 1 aliphatic rings. The maximum atomic E-state index is 13.4. The van der Waals surface area contributed by atoms with E-state index in [4.69, 9.17) is 0 Å². The van der Waals surface area contributed by atoms with E-state index >= 15 is 0 Å². The third-order valence-corrected chi connectivity index (χ3v) is 4.52. The van der Waals surface area contributed by atoms with Crippen molar-refractivity contribution in [1.29, 1.82) is 0 Å². The molecule has 0 aromatic heterocycles. The largest absolute Gasteiger partial charge is 0.432 e. The Morgan fingerprint density at radius 2 is 2.11 bits per heavy atom. The van der Waals surface area contributed by atoms with Gasteiger partial charge in [0.2, 0.25) is 0 Å². The van der Waals surface area contributed by atoms with Crippen LogP contribution in [0.2, 0.25) is 0 Å². The van der Waals surface area contributed by atoms with Gasteiger partial charge in [0.15, 0.2) is 21.4 Å². The number of anilines is 1. The molecule has 2 rings (SSSR count). The van der Waals surface area contributed by atoms with Crippen molar-refractivity contribution in [3.63, 3.8) is 0 Å². The highest BCUT2D eigenvalue weighted by molar-refractivity contribution is 7.91. The van der Waals surface area contributed by atoms with Gasteiger partial charge in [-0.15, -0.1) is 0 Å². The van der Waals surface area contributed by atoms with Crippen LogP contribution in [0.25, 0.3) is 0 Å². The molecule has 0 saturated carbocycles. The van der Waals surface area contributed by atoms with E-state index in [0.717, 1.165) is 12.1 Å². The Morgan fingerprint density at radius 1 is 1.37 bits per heavy atom. The van der Waals surface area contributed by atoms with Gasteiger partial charge in [-0.1, -0.05) is 0 Å². The third kappa shape index (κ3) is 3.76. The Hall–Kier alpha value is -1.44. The first-order valence-corrected chi connectivity index (χ1v) is 7.39. The summed E-state index contributed by atoms with van der Waals surface area (Å²) in [5.41, 5.74) is 0.334. The molecule has 1 atom stereocenters. The lowest BCUT2D eigenvalue weighted by molar-refractivity contribution is -0.0521. The van der Waals surface area contributed by atoms with E-state index in [0.29, 0.717) is 12.1 Å². The van der Waals surface area contributed by atoms with Gasteiger partial charge in [-0.2, -0.15) is 8.78 Å². The molecule has 1 heterocycles. The van der Waals surface area contributed by atoms with Crippen LogP contribution in [0.1, 0.15) is 6.42 Å². The van der Waals surface area contributed by atoms with Crippen LogP contribution in [0.3, 0.4) is 0 Å². The molecule has 4 nitrogen and oxygen atoms in total. The van der Waals surface area contributed by atoms with Crippen LogP contribution in [0.5, 0.6) is 5.75 Å². The number of hydrogen-bond donors (Lipinski definition) is 1. The van der Waals surface area contributed by atoms with Gasteiger partial charge >= 0.3 is 6.61 Å². The fraction of sp³-hybridized carbons (Fsp3) is 0.455. The minimum atomic E-state index is -3.09. The maximum Gasteiger partial charge on any atom is 0.387 e. The Kier molecular flexibility index (Phi) is 3.88. The number of nitrogens with one attached hydrogen (secondary N) is 1. The van der Waals surface area contributed by atoms with Crippen LogP contribution in [0, 0.1) is 5.82 Å². The van der Waals surface area contributed by atoms with Crippen LogP contribution in [0.4, 0.5) is 18.9 Å². The molecule has 1 N–H and O–H groups in total. The molecule has 1 aromatic carbocycles. The molecule has 106 valence electrons. The zero-order chi connectivity index (χ0) is 14.0. The van der Waals surface area contributed by atoms with E-state index in [2.05, 4.69) is 10.1 Å². The summed E-state index contributed by atoms with van der Waals surface area (Å²) < 4.78 is 63.8. The molecule has 0 aliphatic carbocycles. The Labute approximate surface area is 108 Å². The molecule has 0 amide bonds. The molecular formula is C11H12F3NO3S. The van der Waals surface area contributed by atoms with Crippen molar-refractivity contribution in [2.75, 3.05) is 16.8 Å². The average Bonchev–Trinajstić information content (AvgIpc) is 2.61. The quantitative estimate of drug-likeness (QED) is 0.923. The zero-order valence-electron chi connectivity index (χ0n) is 9.77. The topological polar surface area (TPSA) is 55.4 Å². The fourth-order valence-electron chi connectivity index (χ4n) is 1.93. The minimum Gasteiger partial charge on any atom is -0.432 e. The molecule has 0 radical (unpaired) electrons. The molecule has 1 fully saturated rings. The lowest BCUT2D eigenvalue weighted by Gasteiger charge is -2.13. The van der Waals surface area contributed by atoms with Gasteiger partial charge in [-0.3, -0.25) is 0 Å². The second-order valence-electron chi connectivity index (χ2n) is 4.27. The molecule has 0 bridgehead atoms. The van der Waals surface area contributed by atoms with Crippen molar-refractivity contribution in [2.24, 2.45) is 0 Å². The predicted molar refractivity (Wildman–Crippen MR) is 63.7 cm³/mol. The summed E-state index contributed by atoms with van der Waals surface area (Å²) in [4.78, 5) is 0. The first kappa shape index (κ1) is 14.0. The van der Waals surface area contributed by atoms with Crippen LogP contribution >= 0.6 is 0 Å². The summed E-state index contributed by atoms with van der Waals surface area (Å²) in [5, 5.41) is 2.86. The summed E-state index contributed by atoms with van der Waals surface area (Å²) in [6.45, 7) is -3.09. The lowest BCUT2D eigenvalue weighted by Crippen LogP contribution is -2.20. The van der Waals surface area contributed by atoms with Gasteiger partial charge in [0, 0.05) is 17.8 Å². The van der Waals surface area contributed by atoms with E-state index in [1.165, 1.54) is 6.07 Å². The zero-order valence-corrected chi connectivity index (χ0v) is 10.6. The first-order chi connectivity index (χ1) is 8.85. The molecule has 1 unspecified atom stereocenters. The normalized spacial score (nSPS) is 21.6. The Morgan fingerprint density at radius 3 is 2.63 bits per heavy atom. The standard InChI is InChI=1S/C11H12F3NO3S/c12-9-5-7(1-2-10(9)18-11(13)14)15-8-3-4-19(16,17)6-8/h1-2,5,8,11,15H,3-4,6H2. The van der Waals surface area contributed by atoms with Gasteiger partial charge < -0.3 is 10.1 Å². The summed E-state index contributed by atoms with van der Waals surface area (Å²) in [6, 6.07) is 3.16. The Bertz CT molecular complexity index is 562. The summed E-state index contributed by atoms with van der Waals surface area (Å²) in [6.07, 6.45) is 0.444. The molecule has 1 aliphatic heterocycles. The monoisotopic (exact) mass is 295 g/mol. The highest BCUT2D eigenvalue weighted by atomic mass is 32.2. The van der Waals surface area contributed by atoms with Gasteiger partial charge in [-0.25, -0.2) is 12.8 Å².